The highest BCUT2D eigenvalue weighted by Crippen LogP contribution is 2.15. The summed E-state index contributed by atoms with van der Waals surface area (Å²) < 4.78 is 15.4. The Kier molecular flexibility index (Phi) is 3.49. The number of hydrogen-bond acceptors (Lipinski definition) is 3. The zero-order chi connectivity index (χ0) is 12.4. The molecule has 0 radical (unpaired) electrons. The Bertz CT molecular complexity index is 549. The first kappa shape index (κ1) is 12.1. The van der Waals surface area contributed by atoms with E-state index in [2.05, 4.69) is 26.0 Å². The number of rotatable bonds is 3. The molecule has 0 unspecified atom stereocenters. The van der Waals surface area contributed by atoms with E-state index in [-0.39, 0.29) is 10.8 Å². The molecule has 0 bridgehead atoms. The average molecular weight is 315 g/mol. The van der Waals surface area contributed by atoms with E-state index >= 15 is 0 Å². The predicted octanol–water partition coefficient (Wildman–Crippen LogP) is 1.86. The Balaban J connectivity index is 2.22. The van der Waals surface area contributed by atoms with Crippen molar-refractivity contribution in [2.24, 2.45) is 5.73 Å². The van der Waals surface area contributed by atoms with E-state index in [0.717, 1.165) is 5.56 Å². The molecular formula is C10H8BrFN4S. The van der Waals surface area contributed by atoms with E-state index < -0.39 is 0 Å². The normalized spacial score (nSPS) is 10.5. The second-order valence-corrected chi connectivity index (χ2v) is 4.76. The minimum atomic E-state index is -0.302. The monoisotopic (exact) mass is 314 g/mol. The van der Waals surface area contributed by atoms with Gasteiger partial charge >= 0.3 is 0 Å². The third-order valence-corrected chi connectivity index (χ3v) is 2.66. The van der Waals surface area contributed by atoms with Crippen molar-refractivity contribution in [3.63, 3.8) is 0 Å². The molecule has 2 rings (SSSR count). The minimum absolute atomic E-state index is 0.143. The van der Waals surface area contributed by atoms with Crippen molar-refractivity contribution in [3.05, 3.63) is 46.2 Å². The maximum atomic E-state index is 13.1. The molecule has 0 saturated carbocycles. The molecule has 0 atom stereocenters. The van der Waals surface area contributed by atoms with Crippen LogP contribution in [0.1, 0.15) is 11.4 Å². The standard InChI is InChI=1S/C10H8BrFN4S/c11-7-1-6(2-8(12)3-7)4-16-5-14-10(15-16)9(13)17/h1-3,5H,4H2,(H2,13,17). The van der Waals surface area contributed by atoms with Crippen LogP contribution in [-0.4, -0.2) is 19.8 Å². The summed E-state index contributed by atoms with van der Waals surface area (Å²) in [7, 11) is 0. The van der Waals surface area contributed by atoms with Crippen LogP contribution in [0.3, 0.4) is 0 Å². The second-order valence-electron chi connectivity index (χ2n) is 3.41. The average Bonchev–Trinajstić information content (AvgIpc) is 2.64. The molecule has 17 heavy (non-hydrogen) atoms. The van der Waals surface area contributed by atoms with Gasteiger partial charge in [0, 0.05) is 4.47 Å². The third kappa shape index (κ3) is 3.07. The Morgan fingerprint density at radius 3 is 2.82 bits per heavy atom. The Labute approximate surface area is 111 Å². The molecule has 7 heteroatoms. The van der Waals surface area contributed by atoms with E-state index in [0.29, 0.717) is 16.8 Å². The van der Waals surface area contributed by atoms with Gasteiger partial charge in [-0.1, -0.05) is 28.1 Å². The number of thiocarbonyl (C=S) groups is 1. The highest BCUT2D eigenvalue weighted by Gasteiger charge is 2.05. The first-order valence-corrected chi connectivity index (χ1v) is 5.89. The molecule has 2 aromatic rings. The molecule has 0 fully saturated rings. The number of halogens is 2. The quantitative estimate of drug-likeness (QED) is 0.879. The molecule has 1 aromatic heterocycles. The molecule has 2 N–H and O–H groups in total. The van der Waals surface area contributed by atoms with E-state index in [9.17, 15) is 4.39 Å². The van der Waals surface area contributed by atoms with Crippen LogP contribution in [0.4, 0.5) is 4.39 Å². The van der Waals surface area contributed by atoms with Crippen LogP contribution >= 0.6 is 28.1 Å². The summed E-state index contributed by atoms with van der Waals surface area (Å²) >= 11 is 7.98. The summed E-state index contributed by atoms with van der Waals surface area (Å²) in [4.78, 5) is 4.08. The molecule has 1 heterocycles. The molecule has 0 amide bonds. The third-order valence-electron chi connectivity index (χ3n) is 2.02. The summed E-state index contributed by atoms with van der Waals surface area (Å²) in [5, 5.41) is 4.07. The van der Waals surface area contributed by atoms with Crippen LogP contribution in [0.25, 0.3) is 0 Å². The fraction of sp³-hybridized carbons (Fsp3) is 0.100. The Hall–Kier alpha value is -1.34. The van der Waals surface area contributed by atoms with Gasteiger partial charge in [0.15, 0.2) is 0 Å². The van der Waals surface area contributed by atoms with E-state index in [1.54, 1.807) is 4.68 Å². The molecule has 0 aliphatic heterocycles. The largest absolute Gasteiger partial charge is 0.387 e. The van der Waals surface area contributed by atoms with Gasteiger partial charge in [0.25, 0.3) is 0 Å². The van der Waals surface area contributed by atoms with Crippen LogP contribution in [0.15, 0.2) is 29.0 Å². The number of nitrogens with two attached hydrogens (primary N) is 1. The number of nitrogens with zero attached hydrogens (tertiary/aromatic N) is 3. The summed E-state index contributed by atoms with van der Waals surface area (Å²) in [6.07, 6.45) is 1.51. The maximum Gasteiger partial charge on any atom is 0.208 e. The lowest BCUT2D eigenvalue weighted by molar-refractivity contribution is 0.618. The first-order chi connectivity index (χ1) is 8.04. The predicted molar refractivity (Wildman–Crippen MR) is 69.1 cm³/mol. The Morgan fingerprint density at radius 1 is 1.47 bits per heavy atom. The molecular weight excluding hydrogens is 307 g/mol. The van der Waals surface area contributed by atoms with Crippen LogP contribution in [0.2, 0.25) is 0 Å². The molecule has 0 saturated heterocycles. The molecule has 88 valence electrons. The molecule has 0 spiro atoms. The van der Waals surface area contributed by atoms with Crippen molar-refractivity contribution < 1.29 is 4.39 Å². The van der Waals surface area contributed by atoms with Crippen molar-refractivity contribution in [3.8, 4) is 0 Å². The molecule has 0 aliphatic rings. The summed E-state index contributed by atoms with van der Waals surface area (Å²) in [6.45, 7) is 0.409. The lowest BCUT2D eigenvalue weighted by Gasteiger charge is -2.02. The lowest BCUT2D eigenvalue weighted by Crippen LogP contribution is -2.12. The van der Waals surface area contributed by atoms with Crippen LogP contribution in [0, 0.1) is 5.82 Å². The second kappa shape index (κ2) is 4.89. The SMILES string of the molecule is NC(=S)c1ncn(Cc2cc(F)cc(Br)c2)n1. The van der Waals surface area contributed by atoms with Crippen molar-refractivity contribution >= 4 is 33.1 Å². The van der Waals surface area contributed by atoms with Gasteiger partial charge in [0.2, 0.25) is 5.82 Å². The van der Waals surface area contributed by atoms with Crippen molar-refractivity contribution in [2.75, 3.05) is 0 Å². The van der Waals surface area contributed by atoms with Crippen molar-refractivity contribution in [2.45, 2.75) is 6.54 Å². The fourth-order valence-electron chi connectivity index (χ4n) is 1.37. The van der Waals surface area contributed by atoms with Crippen LogP contribution < -0.4 is 5.73 Å². The van der Waals surface area contributed by atoms with E-state index in [1.165, 1.54) is 18.5 Å². The smallest absolute Gasteiger partial charge is 0.208 e. The van der Waals surface area contributed by atoms with Gasteiger partial charge < -0.3 is 5.73 Å². The minimum Gasteiger partial charge on any atom is -0.387 e. The van der Waals surface area contributed by atoms with Gasteiger partial charge in [-0.3, -0.25) is 0 Å². The lowest BCUT2D eigenvalue weighted by atomic mass is 10.2. The summed E-state index contributed by atoms with van der Waals surface area (Å²) in [5.41, 5.74) is 6.17. The number of aromatic nitrogens is 3. The molecule has 4 nitrogen and oxygen atoms in total. The summed E-state index contributed by atoms with van der Waals surface area (Å²) in [5.74, 6) is 0.0135. The van der Waals surface area contributed by atoms with E-state index in [4.69, 9.17) is 18.0 Å². The van der Waals surface area contributed by atoms with E-state index in [1.807, 2.05) is 6.07 Å². The number of benzene rings is 1. The Morgan fingerprint density at radius 2 is 2.24 bits per heavy atom. The summed E-state index contributed by atoms with van der Waals surface area (Å²) in [6, 6.07) is 4.64. The first-order valence-electron chi connectivity index (χ1n) is 4.69. The zero-order valence-electron chi connectivity index (χ0n) is 8.60. The fourth-order valence-corrected chi connectivity index (χ4v) is 1.98. The maximum absolute atomic E-state index is 13.1. The van der Waals surface area contributed by atoms with Crippen molar-refractivity contribution in [1.29, 1.82) is 0 Å². The molecule has 1 aromatic carbocycles. The number of hydrogen-bond donors (Lipinski definition) is 1. The highest BCUT2D eigenvalue weighted by atomic mass is 79.9. The van der Waals surface area contributed by atoms with Gasteiger partial charge in [-0.05, 0) is 23.8 Å². The zero-order valence-corrected chi connectivity index (χ0v) is 11.0. The highest BCUT2D eigenvalue weighted by molar-refractivity contribution is 9.10. The van der Waals surface area contributed by atoms with Gasteiger partial charge in [0.05, 0.1) is 6.54 Å². The van der Waals surface area contributed by atoms with Gasteiger partial charge in [-0.25, -0.2) is 14.1 Å². The van der Waals surface area contributed by atoms with Gasteiger partial charge in [0.1, 0.15) is 17.1 Å². The van der Waals surface area contributed by atoms with Crippen LogP contribution in [-0.2, 0) is 6.54 Å². The van der Waals surface area contributed by atoms with Gasteiger partial charge in [-0.2, -0.15) is 0 Å². The van der Waals surface area contributed by atoms with Crippen LogP contribution in [0.5, 0.6) is 0 Å². The van der Waals surface area contributed by atoms with Crippen molar-refractivity contribution in [1.82, 2.24) is 14.8 Å². The van der Waals surface area contributed by atoms with Gasteiger partial charge in [-0.15, -0.1) is 5.10 Å². The topological polar surface area (TPSA) is 56.7 Å². The molecule has 0 aliphatic carbocycles.